The summed E-state index contributed by atoms with van der Waals surface area (Å²) in [5.41, 5.74) is 6.09. The second-order valence-electron chi connectivity index (χ2n) is 5.24. The van der Waals surface area contributed by atoms with Gasteiger partial charge in [-0.1, -0.05) is 6.92 Å². The van der Waals surface area contributed by atoms with Crippen LogP contribution < -0.4 is 5.73 Å². The maximum absolute atomic E-state index is 5.69. The van der Waals surface area contributed by atoms with Crippen molar-refractivity contribution in [1.29, 1.82) is 0 Å². The quantitative estimate of drug-likeness (QED) is 0.725. The van der Waals surface area contributed by atoms with E-state index >= 15 is 0 Å². The molecule has 2 fully saturated rings. The smallest absolute Gasteiger partial charge is 0.0532 e. The standard InChI is InChI=1S/C11H22N2O/c1-11(3-5-14-9-11)8-13-4-2-10(6-12)7-13/h10H,2-9,12H2,1H3. The van der Waals surface area contributed by atoms with E-state index in [2.05, 4.69) is 11.8 Å². The zero-order valence-corrected chi connectivity index (χ0v) is 9.17. The third-order valence-electron chi connectivity index (χ3n) is 3.61. The second kappa shape index (κ2) is 4.17. The predicted octanol–water partition coefficient (Wildman–Crippen LogP) is 0.694. The maximum atomic E-state index is 5.69. The molecule has 0 spiro atoms. The summed E-state index contributed by atoms with van der Waals surface area (Å²) in [6.07, 6.45) is 2.50. The van der Waals surface area contributed by atoms with Gasteiger partial charge in [-0.05, 0) is 31.8 Å². The van der Waals surface area contributed by atoms with Gasteiger partial charge in [0.2, 0.25) is 0 Å². The fourth-order valence-electron chi connectivity index (χ4n) is 2.62. The molecule has 2 aliphatic rings. The van der Waals surface area contributed by atoms with E-state index in [0.717, 1.165) is 25.7 Å². The highest BCUT2D eigenvalue weighted by Crippen LogP contribution is 2.30. The van der Waals surface area contributed by atoms with Gasteiger partial charge in [-0.2, -0.15) is 0 Å². The Labute approximate surface area is 86.6 Å². The predicted molar refractivity (Wildman–Crippen MR) is 57.1 cm³/mol. The number of hydrogen-bond donors (Lipinski definition) is 1. The zero-order chi connectivity index (χ0) is 10.0. The zero-order valence-electron chi connectivity index (χ0n) is 9.17. The van der Waals surface area contributed by atoms with E-state index in [-0.39, 0.29) is 0 Å². The van der Waals surface area contributed by atoms with Crippen LogP contribution in [0.4, 0.5) is 0 Å². The molecule has 0 bridgehead atoms. The van der Waals surface area contributed by atoms with Gasteiger partial charge in [0, 0.05) is 25.1 Å². The topological polar surface area (TPSA) is 38.5 Å². The molecule has 2 N–H and O–H groups in total. The molecule has 0 amide bonds. The summed E-state index contributed by atoms with van der Waals surface area (Å²) < 4.78 is 5.47. The fourth-order valence-corrected chi connectivity index (χ4v) is 2.62. The average molecular weight is 198 g/mol. The third kappa shape index (κ3) is 2.27. The van der Waals surface area contributed by atoms with Crippen LogP contribution >= 0.6 is 0 Å². The van der Waals surface area contributed by atoms with E-state index in [4.69, 9.17) is 10.5 Å². The van der Waals surface area contributed by atoms with Crippen LogP contribution in [0.3, 0.4) is 0 Å². The van der Waals surface area contributed by atoms with Crippen LogP contribution in [0.2, 0.25) is 0 Å². The molecule has 14 heavy (non-hydrogen) atoms. The molecule has 2 aliphatic heterocycles. The number of rotatable bonds is 3. The molecule has 0 aromatic heterocycles. The van der Waals surface area contributed by atoms with Gasteiger partial charge >= 0.3 is 0 Å². The number of nitrogens with zero attached hydrogens (tertiary/aromatic N) is 1. The molecule has 0 aliphatic carbocycles. The normalized spacial score (nSPS) is 39.4. The summed E-state index contributed by atoms with van der Waals surface area (Å²) in [6, 6.07) is 0. The molecule has 0 aromatic rings. The minimum atomic E-state index is 0.406. The number of ether oxygens (including phenoxy) is 1. The monoisotopic (exact) mass is 198 g/mol. The van der Waals surface area contributed by atoms with Crippen molar-refractivity contribution in [2.45, 2.75) is 19.8 Å². The number of likely N-dealkylation sites (tertiary alicyclic amines) is 1. The Kier molecular flexibility index (Phi) is 3.10. The lowest BCUT2D eigenvalue weighted by Gasteiger charge is -2.28. The Balaban J connectivity index is 1.80. The van der Waals surface area contributed by atoms with Crippen molar-refractivity contribution in [1.82, 2.24) is 4.90 Å². The maximum Gasteiger partial charge on any atom is 0.0532 e. The Morgan fingerprint density at radius 1 is 1.57 bits per heavy atom. The molecule has 2 heterocycles. The fraction of sp³-hybridized carbons (Fsp3) is 1.00. The van der Waals surface area contributed by atoms with Gasteiger partial charge in [-0.25, -0.2) is 0 Å². The molecule has 2 atom stereocenters. The minimum Gasteiger partial charge on any atom is -0.381 e. The van der Waals surface area contributed by atoms with Crippen LogP contribution in [0, 0.1) is 11.3 Å². The first-order chi connectivity index (χ1) is 6.72. The minimum absolute atomic E-state index is 0.406. The highest BCUT2D eigenvalue weighted by molar-refractivity contribution is 4.85. The SMILES string of the molecule is CC1(CN2CCC(CN)C2)CCOC1. The molecule has 2 unspecified atom stereocenters. The summed E-state index contributed by atoms with van der Waals surface area (Å²) in [6.45, 7) is 8.72. The molecule has 0 saturated carbocycles. The van der Waals surface area contributed by atoms with Gasteiger partial charge in [-0.3, -0.25) is 0 Å². The average Bonchev–Trinajstić information content (AvgIpc) is 2.75. The largest absolute Gasteiger partial charge is 0.381 e. The van der Waals surface area contributed by atoms with Crippen molar-refractivity contribution in [2.24, 2.45) is 17.1 Å². The summed E-state index contributed by atoms with van der Waals surface area (Å²) >= 11 is 0. The molecule has 2 saturated heterocycles. The first-order valence-corrected chi connectivity index (χ1v) is 5.72. The highest BCUT2D eigenvalue weighted by Gasteiger charge is 2.33. The Bertz CT molecular complexity index is 190. The number of nitrogens with two attached hydrogens (primary N) is 1. The summed E-state index contributed by atoms with van der Waals surface area (Å²) in [5, 5.41) is 0. The first kappa shape index (κ1) is 10.4. The highest BCUT2D eigenvalue weighted by atomic mass is 16.5. The van der Waals surface area contributed by atoms with Gasteiger partial charge in [0.15, 0.2) is 0 Å². The molecular formula is C11H22N2O. The Hall–Kier alpha value is -0.120. The van der Waals surface area contributed by atoms with E-state index in [0.29, 0.717) is 5.41 Å². The summed E-state index contributed by atoms with van der Waals surface area (Å²) in [7, 11) is 0. The van der Waals surface area contributed by atoms with Crippen LogP contribution in [0.1, 0.15) is 19.8 Å². The lowest BCUT2D eigenvalue weighted by atomic mass is 9.89. The molecule has 2 rings (SSSR count). The van der Waals surface area contributed by atoms with E-state index in [9.17, 15) is 0 Å². The van der Waals surface area contributed by atoms with Crippen molar-refractivity contribution in [3.8, 4) is 0 Å². The van der Waals surface area contributed by atoms with Gasteiger partial charge in [0.25, 0.3) is 0 Å². The molecule has 0 aromatic carbocycles. The number of hydrogen-bond acceptors (Lipinski definition) is 3. The van der Waals surface area contributed by atoms with Crippen LogP contribution in [-0.4, -0.2) is 44.3 Å². The van der Waals surface area contributed by atoms with Gasteiger partial charge in [0.05, 0.1) is 6.61 Å². The van der Waals surface area contributed by atoms with Crippen molar-refractivity contribution in [3.05, 3.63) is 0 Å². The van der Waals surface area contributed by atoms with E-state index in [1.54, 1.807) is 0 Å². The van der Waals surface area contributed by atoms with Crippen LogP contribution in [-0.2, 0) is 4.74 Å². The van der Waals surface area contributed by atoms with Gasteiger partial charge in [0.1, 0.15) is 0 Å². The van der Waals surface area contributed by atoms with Crippen molar-refractivity contribution in [2.75, 3.05) is 39.4 Å². The van der Waals surface area contributed by atoms with Gasteiger partial charge < -0.3 is 15.4 Å². The van der Waals surface area contributed by atoms with E-state index in [1.807, 2.05) is 0 Å². The lowest BCUT2D eigenvalue weighted by molar-refractivity contribution is 0.130. The van der Waals surface area contributed by atoms with Crippen LogP contribution in [0.25, 0.3) is 0 Å². The Morgan fingerprint density at radius 3 is 3.00 bits per heavy atom. The molecular weight excluding hydrogens is 176 g/mol. The van der Waals surface area contributed by atoms with E-state index in [1.165, 1.54) is 32.5 Å². The lowest BCUT2D eigenvalue weighted by Crippen LogP contribution is -2.35. The van der Waals surface area contributed by atoms with Crippen LogP contribution in [0.5, 0.6) is 0 Å². The van der Waals surface area contributed by atoms with Crippen molar-refractivity contribution in [3.63, 3.8) is 0 Å². The third-order valence-corrected chi connectivity index (χ3v) is 3.61. The molecule has 3 nitrogen and oxygen atoms in total. The van der Waals surface area contributed by atoms with Gasteiger partial charge in [-0.15, -0.1) is 0 Å². The van der Waals surface area contributed by atoms with E-state index < -0.39 is 0 Å². The Morgan fingerprint density at radius 2 is 2.43 bits per heavy atom. The molecule has 0 radical (unpaired) electrons. The summed E-state index contributed by atoms with van der Waals surface area (Å²) in [5.74, 6) is 0.737. The first-order valence-electron chi connectivity index (χ1n) is 5.72. The van der Waals surface area contributed by atoms with Crippen LogP contribution in [0.15, 0.2) is 0 Å². The molecule has 82 valence electrons. The van der Waals surface area contributed by atoms with Crippen molar-refractivity contribution < 1.29 is 4.74 Å². The molecule has 3 heteroatoms. The summed E-state index contributed by atoms with van der Waals surface area (Å²) in [4.78, 5) is 2.56. The second-order valence-corrected chi connectivity index (χ2v) is 5.24. The van der Waals surface area contributed by atoms with Crippen molar-refractivity contribution >= 4 is 0 Å².